The zero-order valence-electron chi connectivity index (χ0n) is 10.7. The maximum absolute atomic E-state index is 10.9. The molecule has 0 aromatic carbocycles. The van der Waals surface area contributed by atoms with Crippen LogP contribution in [0.5, 0.6) is 0 Å². The molecule has 1 saturated heterocycles. The molecule has 0 atom stereocenters. The molecule has 0 unspecified atom stereocenters. The summed E-state index contributed by atoms with van der Waals surface area (Å²) in [7, 11) is -2.80. The van der Waals surface area contributed by atoms with Gasteiger partial charge >= 0.3 is 0 Å². The maximum Gasteiger partial charge on any atom is 0.147 e. The van der Waals surface area contributed by atoms with E-state index in [2.05, 4.69) is 10.2 Å². The molecule has 17 heavy (non-hydrogen) atoms. The summed E-state index contributed by atoms with van der Waals surface area (Å²) >= 11 is 0. The van der Waals surface area contributed by atoms with Gasteiger partial charge in [-0.25, -0.2) is 8.42 Å². The molecule has 0 bridgehead atoms. The molecule has 1 fully saturated rings. The molecule has 0 aromatic rings. The molecule has 0 spiro atoms. The van der Waals surface area contributed by atoms with Crippen LogP contribution in [0.4, 0.5) is 0 Å². The number of morpholine rings is 1. The smallest absolute Gasteiger partial charge is 0.147 e. The van der Waals surface area contributed by atoms with Gasteiger partial charge in [-0.3, -0.25) is 4.90 Å². The standard InChI is InChI=1S/C11H24N2O3S/c1-17(14,15)11-3-5-12-4-2-6-13-7-9-16-10-8-13/h12H,2-11H2,1H3. The van der Waals surface area contributed by atoms with E-state index in [9.17, 15) is 8.42 Å². The predicted molar refractivity (Wildman–Crippen MR) is 69.1 cm³/mol. The minimum absolute atomic E-state index is 0.281. The van der Waals surface area contributed by atoms with Crippen LogP contribution < -0.4 is 5.32 Å². The lowest BCUT2D eigenvalue weighted by Crippen LogP contribution is -2.37. The monoisotopic (exact) mass is 264 g/mol. The van der Waals surface area contributed by atoms with Crippen molar-refractivity contribution in [2.75, 3.05) is 57.9 Å². The van der Waals surface area contributed by atoms with Crippen molar-refractivity contribution in [1.29, 1.82) is 0 Å². The van der Waals surface area contributed by atoms with E-state index in [1.165, 1.54) is 6.26 Å². The third kappa shape index (κ3) is 8.54. The normalized spacial score (nSPS) is 18.4. The zero-order valence-corrected chi connectivity index (χ0v) is 11.5. The Morgan fingerprint density at radius 2 is 1.82 bits per heavy atom. The molecule has 0 amide bonds. The summed E-state index contributed by atoms with van der Waals surface area (Å²) in [6.45, 7) is 6.62. The van der Waals surface area contributed by atoms with E-state index in [-0.39, 0.29) is 5.75 Å². The number of rotatable bonds is 8. The van der Waals surface area contributed by atoms with Crippen molar-refractivity contribution >= 4 is 9.84 Å². The van der Waals surface area contributed by atoms with Crippen LogP contribution >= 0.6 is 0 Å². The van der Waals surface area contributed by atoms with Crippen LogP contribution in [0, 0.1) is 0 Å². The average Bonchev–Trinajstić information content (AvgIpc) is 2.28. The van der Waals surface area contributed by atoms with Gasteiger partial charge in [0.15, 0.2) is 0 Å². The molecule has 102 valence electrons. The van der Waals surface area contributed by atoms with Gasteiger partial charge in [-0.2, -0.15) is 0 Å². The van der Waals surface area contributed by atoms with Gasteiger partial charge in [-0.15, -0.1) is 0 Å². The molecule has 6 heteroatoms. The van der Waals surface area contributed by atoms with Crippen LogP contribution in [0.15, 0.2) is 0 Å². The number of sulfone groups is 1. The minimum atomic E-state index is -2.80. The Labute approximate surface area is 104 Å². The number of ether oxygens (including phenoxy) is 1. The Hall–Kier alpha value is -0.170. The van der Waals surface area contributed by atoms with E-state index >= 15 is 0 Å². The highest BCUT2D eigenvalue weighted by molar-refractivity contribution is 7.90. The van der Waals surface area contributed by atoms with Gasteiger partial charge in [0.2, 0.25) is 0 Å². The Morgan fingerprint density at radius 1 is 1.18 bits per heavy atom. The van der Waals surface area contributed by atoms with Crippen molar-refractivity contribution in [3.8, 4) is 0 Å². The van der Waals surface area contributed by atoms with Gasteiger partial charge in [0.1, 0.15) is 9.84 Å². The lowest BCUT2D eigenvalue weighted by atomic mass is 10.3. The summed E-state index contributed by atoms with van der Waals surface area (Å²) in [6.07, 6.45) is 3.10. The van der Waals surface area contributed by atoms with E-state index in [1.54, 1.807) is 0 Å². The Bertz CT molecular complexity index is 287. The van der Waals surface area contributed by atoms with Crippen LogP contribution in [0.1, 0.15) is 12.8 Å². The average molecular weight is 264 g/mol. The molecular weight excluding hydrogens is 240 g/mol. The molecule has 0 aliphatic carbocycles. The van der Waals surface area contributed by atoms with Crippen LogP contribution in [-0.4, -0.2) is 71.3 Å². The van der Waals surface area contributed by atoms with E-state index in [1.807, 2.05) is 0 Å². The molecule has 1 rings (SSSR count). The molecule has 0 saturated carbocycles. The number of hydrogen-bond acceptors (Lipinski definition) is 5. The molecular formula is C11H24N2O3S. The Kier molecular flexibility index (Phi) is 7.03. The van der Waals surface area contributed by atoms with Gasteiger partial charge < -0.3 is 10.1 Å². The summed E-state index contributed by atoms with van der Waals surface area (Å²) in [5.74, 6) is 0.281. The first kappa shape index (κ1) is 14.9. The SMILES string of the molecule is CS(=O)(=O)CCCNCCCN1CCOCC1. The largest absolute Gasteiger partial charge is 0.379 e. The maximum atomic E-state index is 10.9. The van der Waals surface area contributed by atoms with Crippen molar-refractivity contribution in [2.45, 2.75) is 12.8 Å². The Morgan fingerprint density at radius 3 is 2.47 bits per heavy atom. The second-order valence-electron chi connectivity index (χ2n) is 4.54. The van der Waals surface area contributed by atoms with Crippen molar-refractivity contribution in [1.82, 2.24) is 10.2 Å². The van der Waals surface area contributed by atoms with Crippen molar-refractivity contribution < 1.29 is 13.2 Å². The summed E-state index contributed by atoms with van der Waals surface area (Å²) in [4.78, 5) is 2.40. The van der Waals surface area contributed by atoms with Gasteiger partial charge in [-0.05, 0) is 32.5 Å². The molecule has 1 heterocycles. The highest BCUT2D eigenvalue weighted by Gasteiger charge is 2.08. The minimum Gasteiger partial charge on any atom is -0.379 e. The fourth-order valence-corrected chi connectivity index (χ4v) is 2.51. The quantitative estimate of drug-likeness (QED) is 0.612. The van der Waals surface area contributed by atoms with Crippen LogP contribution in [0.25, 0.3) is 0 Å². The summed E-state index contributed by atoms with van der Waals surface area (Å²) < 4.78 is 27.0. The van der Waals surface area contributed by atoms with Gasteiger partial charge in [-0.1, -0.05) is 0 Å². The van der Waals surface area contributed by atoms with Gasteiger partial charge in [0.25, 0.3) is 0 Å². The fourth-order valence-electron chi connectivity index (χ4n) is 1.84. The van der Waals surface area contributed by atoms with E-state index in [0.717, 1.165) is 52.4 Å². The van der Waals surface area contributed by atoms with Crippen molar-refractivity contribution in [3.05, 3.63) is 0 Å². The molecule has 1 aliphatic rings. The number of nitrogens with zero attached hydrogens (tertiary/aromatic N) is 1. The zero-order chi connectivity index (χ0) is 12.6. The third-order valence-corrected chi connectivity index (χ3v) is 3.83. The van der Waals surface area contributed by atoms with Crippen LogP contribution in [0.2, 0.25) is 0 Å². The fraction of sp³-hybridized carbons (Fsp3) is 1.00. The van der Waals surface area contributed by atoms with Crippen molar-refractivity contribution in [3.63, 3.8) is 0 Å². The topological polar surface area (TPSA) is 58.6 Å². The summed E-state index contributed by atoms with van der Waals surface area (Å²) in [6, 6.07) is 0. The molecule has 0 radical (unpaired) electrons. The highest BCUT2D eigenvalue weighted by atomic mass is 32.2. The first-order valence-corrected chi connectivity index (χ1v) is 8.32. The lowest BCUT2D eigenvalue weighted by Gasteiger charge is -2.26. The van der Waals surface area contributed by atoms with Crippen LogP contribution in [0.3, 0.4) is 0 Å². The van der Waals surface area contributed by atoms with Gasteiger partial charge in [0.05, 0.1) is 19.0 Å². The second-order valence-corrected chi connectivity index (χ2v) is 6.80. The molecule has 1 aliphatic heterocycles. The Balaban J connectivity index is 1.87. The first-order valence-electron chi connectivity index (χ1n) is 6.26. The third-order valence-electron chi connectivity index (χ3n) is 2.80. The first-order chi connectivity index (χ1) is 8.08. The summed E-state index contributed by atoms with van der Waals surface area (Å²) in [5.41, 5.74) is 0. The number of nitrogens with one attached hydrogen (secondary N) is 1. The predicted octanol–water partition coefficient (Wildman–Crippen LogP) is -0.267. The second kappa shape index (κ2) is 8.02. The molecule has 0 aromatic heterocycles. The van der Waals surface area contributed by atoms with E-state index < -0.39 is 9.84 Å². The lowest BCUT2D eigenvalue weighted by molar-refractivity contribution is 0.0375. The molecule has 5 nitrogen and oxygen atoms in total. The highest BCUT2D eigenvalue weighted by Crippen LogP contribution is 1.97. The molecule has 1 N–H and O–H groups in total. The summed E-state index contributed by atoms with van der Waals surface area (Å²) in [5, 5.41) is 3.28. The van der Waals surface area contributed by atoms with Gasteiger partial charge in [0, 0.05) is 19.3 Å². The van der Waals surface area contributed by atoms with E-state index in [4.69, 9.17) is 4.74 Å². The van der Waals surface area contributed by atoms with E-state index in [0.29, 0.717) is 6.42 Å². The van der Waals surface area contributed by atoms with Crippen molar-refractivity contribution in [2.24, 2.45) is 0 Å². The van der Waals surface area contributed by atoms with Crippen LogP contribution in [-0.2, 0) is 14.6 Å². The number of hydrogen-bond donors (Lipinski definition) is 1.